The summed E-state index contributed by atoms with van der Waals surface area (Å²) in [5, 5.41) is 3.49. The second-order valence-corrected chi connectivity index (χ2v) is 5.24. The van der Waals surface area contributed by atoms with Crippen molar-refractivity contribution in [3.63, 3.8) is 0 Å². The predicted molar refractivity (Wildman–Crippen MR) is 79.6 cm³/mol. The molecule has 1 heterocycles. The standard InChI is InChI=1S/C16H25NO3/c1-5-16(6-2)11-17-10-15(20-16)13-9-12(18-3)7-8-14(13)19-4/h7-9,15,17H,5-6,10-11H2,1-4H3. The molecule has 0 radical (unpaired) electrons. The van der Waals surface area contributed by atoms with Crippen molar-refractivity contribution >= 4 is 0 Å². The highest BCUT2D eigenvalue weighted by molar-refractivity contribution is 5.42. The van der Waals surface area contributed by atoms with Crippen LogP contribution in [0, 0.1) is 0 Å². The van der Waals surface area contributed by atoms with Gasteiger partial charge in [-0.25, -0.2) is 0 Å². The third-order valence-electron chi connectivity index (χ3n) is 4.24. The fourth-order valence-electron chi connectivity index (χ4n) is 2.75. The monoisotopic (exact) mass is 279 g/mol. The first-order chi connectivity index (χ1) is 9.68. The third-order valence-corrected chi connectivity index (χ3v) is 4.24. The zero-order valence-electron chi connectivity index (χ0n) is 12.9. The van der Waals surface area contributed by atoms with Crippen molar-refractivity contribution < 1.29 is 14.2 Å². The Balaban J connectivity index is 2.30. The number of ether oxygens (including phenoxy) is 3. The molecule has 1 aliphatic rings. The lowest BCUT2D eigenvalue weighted by atomic mass is 9.93. The summed E-state index contributed by atoms with van der Waals surface area (Å²) in [7, 11) is 3.36. The molecule has 1 fully saturated rings. The maximum absolute atomic E-state index is 6.40. The van der Waals surface area contributed by atoms with Crippen molar-refractivity contribution in [3.05, 3.63) is 23.8 Å². The highest BCUT2D eigenvalue weighted by Gasteiger charge is 2.35. The molecule has 1 aromatic rings. The van der Waals surface area contributed by atoms with Crippen LogP contribution in [0.15, 0.2) is 18.2 Å². The first kappa shape index (κ1) is 15.1. The molecule has 0 bridgehead atoms. The van der Waals surface area contributed by atoms with Gasteiger partial charge in [0.05, 0.1) is 25.9 Å². The Hall–Kier alpha value is -1.26. The van der Waals surface area contributed by atoms with E-state index >= 15 is 0 Å². The quantitative estimate of drug-likeness (QED) is 0.899. The molecule has 1 atom stereocenters. The largest absolute Gasteiger partial charge is 0.497 e. The van der Waals surface area contributed by atoms with E-state index in [1.54, 1.807) is 14.2 Å². The summed E-state index contributed by atoms with van der Waals surface area (Å²) in [6.45, 7) is 6.06. The van der Waals surface area contributed by atoms with Gasteiger partial charge >= 0.3 is 0 Å². The molecule has 4 heteroatoms. The number of rotatable bonds is 5. The lowest BCUT2D eigenvalue weighted by Gasteiger charge is -2.41. The van der Waals surface area contributed by atoms with Gasteiger partial charge in [0.1, 0.15) is 11.5 Å². The van der Waals surface area contributed by atoms with Crippen molar-refractivity contribution in [2.75, 3.05) is 27.3 Å². The predicted octanol–water partition coefficient (Wildman–Crippen LogP) is 2.92. The Kier molecular flexibility index (Phi) is 4.89. The Morgan fingerprint density at radius 2 is 2.00 bits per heavy atom. The summed E-state index contributed by atoms with van der Waals surface area (Å²) in [5.74, 6) is 1.68. The van der Waals surface area contributed by atoms with Crippen molar-refractivity contribution in [1.29, 1.82) is 0 Å². The minimum absolute atomic E-state index is 0.00583. The van der Waals surface area contributed by atoms with Gasteiger partial charge in [0.2, 0.25) is 0 Å². The minimum Gasteiger partial charge on any atom is -0.497 e. The van der Waals surface area contributed by atoms with Crippen LogP contribution in [0.1, 0.15) is 38.4 Å². The molecule has 0 amide bonds. The van der Waals surface area contributed by atoms with Gasteiger partial charge in [-0.15, -0.1) is 0 Å². The molecular formula is C16H25NO3. The number of methoxy groups -OCH3 is 2. The van der Waals surface area contributed by atoms with Crippen LogP contribution < -0.4 is 14.8 Å². The molecule has 0 aromatic heterocycles. The summed E-state index contributed by atoms with van der Waals surface area (Å²) in [5.41, 5.74) is 0.960. The van der Waals surface area contributed by atoms with E-state index in [2.05, 4.69) is 19.2 Å². The highest BCUT2D eigenvalue weighted by atomic mass is 16.5. The molecule has 2 rings (SSSR count). The van der Waals surface area contributed by atoms with Crippen LogP contribution >= 0.6 is 0 Å². The van der Waals surface area contributed by atoms with Gasteiger partial charge in [-0.1, -0.05) is 13.8 Å². The zero-order valence-corrected chi connectivity index (χ0v) is 12.9. The summed E-state index contributed by atoms with van der Waals surface area (Å²) < 4.78 is 17.2. The average Bonchev–Trinajstić information content (AvgIpc) is 2.54. The molecule has 1 saturated heterocycles. The van der Waals surface area contributed by atoms with Crippen LogP contribution in [-0.2, 0) is 4.74 Å². The van der Waals surface area contributed by atoms with Gasteiger partial charge in [-0.05, 0) is 31.0 Å². The first-order valence-corrected chi connectivity index (χ1v) is 7.28. The van der Waals surface area contributed by atoms with Crippen LogP contribution in [0.4, 0.5) is 0 Å². The maximum Gasteiger partial charge on any atom is 0.124 e. The number of hydrogen-bond acceptors (Lipinski definition) is 4. The number of nitrogens with one attached hydrogen (secondary N) is 1. The molecule has 112 valence electrons. The zero-order chi connectivity index (χ0) is 14.6. The first-order valence-electron chi connectivity index (χ1n) is 7.28. The van der Waals surface area contributed by atoms with Crippen LogP contribution in [0.25, 0.3) is 0 Å². The van der Waals surface area contributed by atoms with E-state index in [4.69, 9.17) is 14.2 Å². The second-order valence-electron chi connectivity index (χ2n) is 5.24. The lowest BCUT2D eigenvalue weighted by molar-refractivity contribution is -0.123. The van der Waals surface area contributed by atoms with Crippen LogP contribution in [0.2, 0.25) is 0 Å². The van der Waals surface area contributed by atoms with E-state index in [0.717, 1.165) is 43.0 Å². The molecule has 1 unspecified atom stereocenters. The minimum atomic E-state index is -0.0863. The fraction of sp³-hybridized carbons (Fsp3) is 0.625. The summed E-state index contributed by atoms with van der Waals surface area (Å²) in [6, 6.07) is 5.85. The number of hydrogen-bond donors (Lipinski definition) is 1. The highest BCUT2D eigenvalue weighted by Crippen LogP contribution is 2.37. The van der Waals surface area contributed by atoms with E-state index in [1.165, 1.54) is 0 Å². The van der Waals surface area contributed by atoms with E-state index in [-0.39, 0.29) is 11.7 Å². The Morgan fingerprint density at radius 3 is 2.60 bits per heavy atom. The van der Waals surface area contributed by atoms with Crippen molar-refractivity contribution in [1.82, 2.24) is 5.32 Å². The summed E-state index contributed by atoms with van der Waals surface area (Å²) >= 11 is 0. The van der Waals surface area contributed by atoms with E-state index in [1.807, 2.05) is 18.2 Å². The molecule has 0 aliphatic carbocycles. The van der Waals surface area contributed by atoms with E-state index in [0.29, 0.717) is 0 Å². The fourth-order valence-corrected chi connectivity index (χ4v) is 2.75. The molecule has 1 aliphatic heterocycles. The van der Waals surface area contributed by atoms with Crippen molar-refractivity contribution in [2.45, 2.75) is 38.4 Å². The molecule has 1 N–H and O–H groups in total. The van der Waals surface area contributed by atoms with Gasteiger partial charge in [0.25, 0.3) is 0 Å². The van der Waals surface area contributed by atoms with Gasteiger partial charge in [0, 0.05) is 18.7 Å². The topological polar surface area (TPSA) is 39.7 Å². The SMILES string of the molecule is CCC1(CC)CNCC(c2cc(OC)ccc2OC)O1. The number of morpholine rings is 1. The smallest absolute Gasteiger partial charge is 0.124 e. The van der Waals surface area contributed by atoms with Gasteiger partial charge in [0.15, 0.2) is 0 Å². The summed E-state index contributed by atoms with van der Waals surface area (Å²) in [6.07, 6.45) is 1.99. The maximum atomic E-state index is 6.40. The Morgan fingerprint density at radius 1 is 1.25 bits per heavy atom. The van der Waals surface area contributed by atoms with Crippen LogP contribution in [0.5, 0.6) is 11.5 Å². The third kappa shape index (κ3) is 2.91. The van der Waals surface area contributed by atoms with Crippen LogP contribution in [0.3, 0.4) is 0 Å². The van der Waals surface area contributed by atoms with Gasteiger partial charge in [-0.2, -0.15) is 0 Å². The number of benzene rings is 1. The van der Waals surface area contributed by atoms with E-state index in [9.17, 15) is 0 Å². The Bertz CT molecular complexity index is 443. The molecule has 1 aromatic carbocycles. The molecule has 4 nitrogen and oxygen atoms in total. The van der Waals surface area contributed by atoms with Crippen molar-refractivity contribution in [2.24, 2.45) is 0 Å². The lowest BCUT2D eigenvalue weighted by Crippen LogP contribution is -2.50. The molecule has 0 spiro atoms. The summed E-state index contributed by atoms with van der Waals surface area (Å²) in [4.78, 5) is 0. The average molecular weight is 279 g/mol. The molecular weight excluding hydrogens is 254 g/mol. The Labute approximate surface area is 121 Å². The van der Waals surface area contributed by atoms with Crippen LogP contribution in [-0.4, -0.2) is 32.9 Å². The second kappa shape index (κ2) is 6.46. The molecule has 20 heavy (non-hydrogen) atoms. The molecule has 0 saturated carbocycles. The normalized spacial score (nSPS) is 21.5. The van der Waals surface area contributed by atoms with Gasteiger partial charge in [-0.3, -0.25) is 0 Å². The van der Waals surface area contributed by atoms with Gasteiger partial charge < -0.3 is 19.5 Å². The van der Waals surface area contributed by atoms with E-state index < -0.39 is 0 Å². The van der Waals surface area contributed by atoms with Crippen molar-refractivity contribution in [3.8, 4) is 11.5 Å².